The number of aliphatic hydroxyl groups excluding tert-OH is 1. The smallest absolute Gasteiger partial charge is 0.125 e. The fourth-order valence-corrected chi connectivity index (χ4v) is 1.09. The lowest BCUT2D eigenvalue weighted by atomic mass is 10.3. The third kappa shape index (κ3) is 7.36. The van der Waals surface area contributed by atoms with Gasteiger partial charge in [-0.15, -0.1) is 6.58 Å². The Morgan fingerprint density at radius 2 is 2.18 bits per heavy atom. The number of nitrogens with one attached hydrogen (secondary N) is 1. The van der Waals surface area contributed by atoms with Gasteiger partial charge in [0, 0.05) is 25.7 Å². The second-order valence-electron chi connectivity index (χ2n) is 3.78. The van der Waals surface area contributed by atoms with Gasteiger partial charge in [0.2, 0.25) is 0 Å². The van der Waals surface area contributed by atoms with Crippen molar-refractivity contribution in [2.45, 2.75) is 25.6 Å². The van der Waals surface area contributed by atoms with E-state index < -0.39 is 0 Å². The molecule has 0 saturated heterocycles. The minimum absolute atomic E-state index is 0.00194. The van der Waals surface area contributed by atoms with Crippen molar-refractivity contribution in [3.05, 3.63) is 37.6 Å². The average Bonchev–Trinajstić information content (AvgIpc) is 2.34. The quantitative estimate of drug-likeness (QED) is 0.277. The number of hydrogen-bond donors (Lipinski definition) is 2. The molecule has 0 bridgehead atoms. The van der Waals surface area contributed by atoms with Crippen molar-refractivity contribution >= 4 is 6.34 Å². The van der Waals surface area contributed by atoms with Crippen LogP contribution in [0.2, 0.25) is 0 Å². The van der Waals surface area contributed by atoms with Crippen molar-refractivity contribution in [1.82, 2.24) is 10.2 Å². The van der Waals surface area contributed by atoms with Gasteiger partial charge >= 0.3 is 0 Å². The third-order valence-electron chi connectivity index (χ3n) is 2.18. The second kappa shape index (κ2) is 9.66. The molecule has 0 fully saturated rings. The zero-order chi connectivity index (χ0) is 13.1. The van der Waals surface area contributed by atoms with Crippen molar-refractivity contribution in [2.75, 3.05) is 13.7 Å². The molecule has 4 nitrogen and oxygen atoms in total. The molecule has 0 spiro atoms. The molecular weight excluding hydrogens is 214 g/mol. The van der Waals surface area contributed by atoms with Gasteiger partial charge in [0.15, 0.2) is 0 Å². The molecule has 2 atom stereocenters. The lowest BCUT2D eigenvalue weighted by molar-refractivity contribution is 0.264. The number of allylic oxidation sites excluding steroid dienone is 2. The molecule has 0 radical (unpaired) electrons. The highest BCUT2D eigenvalue weighted by atomic mass is 16.3. The fourth-order valence-electron chi connectivity index (χ4n) is 1.09. The van der Waals surface area contributed by atoms with E-state index in [0.717, 1.165) is 6.42 Å². The second-order valence-corrected chi connectivity index (χ2v) is 3.78. The van der Waals surface area contributed by atoms with E-state index in [0.29, 0.717) is 0 Å². The molecule has 0 saturated carbocycles. The van der Waals surface area contributed by atoms with Crippen LogP contribution in [0.4, 0.5) is 0 Å². The lowest BCUT2D eigenvalue weighted by Crippen LogP contribution is -2.30. The fraction of sp³-hybridized carbons (Fsp3) is 0.462. The first-order valence-corrected chi connectivity index (χ1v) is 5.66. The van der Waals surface area contributed by atoms with Gasteiger partial charge in [-0.1, -0.05) is 18.7 Å². The Morgan fingerprint density at radius 1 is 1.47 bits per heavy atom. The standard InChI is InChI=1S/C13H23N3O/c1-5-7-9-16(4)13(8-6-2)15-11-14-12(3)10-17/h5-7,9,11-13,17H,1-2,8,10H2,3-4H3,(H,14,15)/b9-7-/t12-,13?/m0/s1. The zero-order valence-electron chi connectivity index (χ0n) is 10.7. The van der Waals surface area contributed by atoms with Crippen molar-refractivity contribution in [3.8, 4) is 0 Å². The van der Waals surface area contributed by atoms with Crippen LogP contribution in [0.15, 0.2) is 42.6 Å². The molecule has 4 heteroatoms. The van der Waals surface area contributed by atoms with Crippen LogP contribution in [0.1, 0.15) is 13.3 Å². The van der Waals surface area contributed by atoms with Gasteiger partial charge in [-0.25, -0.2) is 0 Å². The summed E-state index contributed by atoms with van der Waals surface area (Å²) in [4.78, 5) is 6.35. The third-order valence-corrected chi connectivity index (χ3v) is 2.18. The maximum absolute atomic E-state index is 8.86. The van der Waals surface area contributed by atoms with Gasteiger partial charge in [0.25, 0.3) is 0 Å². The number of aliphatic imine (C=N–C) groups is 1. The summed E-state index contributed by atoms with van der Waals surface area (Å²) in [6, 6.07) is 0.0113. The molecule has 0 aromatic carbocycles. The minimum atomic E-state index is 0.00194. The predicted molar refractivity (Wildman–Crippen MR) is 73.9 cm³/mol. The molecular formula is C13H23N3O. The van der Waals surface area contributed by atoms with Crippen LogP contribution >= 0.6 is 0 Å². The highest BCUT2D eigenvalue weighted by Crippen LogP contribution is 2.04. The van der Waals surface area contributed by atoms with Gasteiger partial charge in [-0.2, -0.15) is 0 Å². The molecule has 0 aromatic heterocycles. The minimum Gasteiger partial charge on any atom is -0.394 e. The number of aliphatic hydroxyl groups is 1. The Hall–Kier alpha value is -1.55. The SMILES string of the molecule is C=C/C=C\N(C)C(CC=C)N=CN[C@@H](C)CO. The maximum atomic E-state index is 8.86. The van der Waals surface area contributed by atoms with Crippen LogP contribution in [-0.4, -0.2) is 42.2 Å². The molecule has 0 amide bonds. The molecule has 0 rings (SSSR count). The topological polar surface area (TPSA) is 47.9 Å². The van der Waals surface area contributed by atoms with Gasteiger partial charge in [0.05, 0.1) is 12.9 Å². The highest BCUT2D eigenvalue weighted by Gasteiger charge is 2.06. The van der Waals surface area contributed by atoms with E-state index in [1.807, 2.05) is 37.2 Å². The highest BCUT2D eigenvalue weighted by molar-refractivity contribution is 5.54. The molecule has 0 aliphatic rings. The normalized spacial score (nSPS) is 14.8. The van der Waals surface area contributed by atoms with Crippen LogP contribution < -0.4 is 5.32 Å². The molecule has 17 heavy (non-hydrogen) atoms. The Bertz CT molecular complexity index is 274. The summed E-state index contributed by atoms with van der Waals surface area (Å²) in [7, 11) is 1.95. The Morgan fingerprint density at radius 3 is 2.71 bits per heavy atom. The van der Waals surface area contributed by atoms with E-state index >= 15 is 0 Å². The Labute approximate surface area is 104 Å². The first kappa shape index (κ1) is 15.4. The Kier molecular flexibility index (Phi) is 8.78. The molecule has 1 unspecified atom stereocenters. The van der Waals surface area contributed by atoms with E-state index in [1.54, 1.807) is 12.4 Å². The summed E-state index contributed by atoms with van der Waals surface area (Å²) < 4.78 is 0. The van der Waals surface area contributed by atoms with E-state index in [-0.39, 0.29) is 18.8 Å². The summed E-state index contributed by atoms with van der Waals surface area (Å²) in [6.07, 6.45) is 9.70. The van der Waals surface area contributed by atoms with Crippen molar-refractivity contribution in [3.63, 3.8) is 0 Å². The van der Waals surface area contributed by atoms with Crippen LogP contribution in [-0.2, 0) is 0 Å². The van der Waals surface area contributed by atoms with E-state index in [1.165, 1.54) is 0 Å². The summed E-state index contributed by atoms with van der Waals surface area (Å²) in [6.45, 7) is 9.31. The van der Waals surface area contributed by atoms with Gasteiger partial charge < -0.3 is 15.3 Å². The van der Waals surface area contributed by atoms with Crippen molar-refractivity contribution in [1.29, 1.82) is 0 Å². The molecule has 2 N–H and O–H groups in total. The monoisotopic (exact) mass is 237 g/mol. The summed E-state index contributed by atoms with van der Waals surface area (Å²) in [5, 5.41) is 11.8. The summed E-state index contributed by atoms with van der Waals surface area (Å²) in [5.74, 6) is 0. The first-order valence-electron chi connectivity index (χ1n) is 5.66. The molecule has 0 aliphatic carbocycles. The van der Waals surface area contributed by atoms with Crippen LogP contribution in [0.25, 0.3) is 0 Å². The van der Waals surface area contributed by atoms with Crippen molar-refractivity contribution < 1.29 is 5.11 Å². The summed E-state index contributed by atoms with van der Waals surface area (Å²) in [5.41, 5.74) is 0. The van der Waals surface area contributed by atoms with Crippen LogP contribution in [0.3, 0.4) is 0 Å². The molecule has 0 heterocycles. The molecule has 96 valence electrons. The van der Waals surface area contributed by atoms with Crippen LogP contribution in [0.5, 0.6) is 0 Å². The first-order chi connectivity index (χ1) is 8.15. The van der Waals surface area contributed by atoms with Gasteiger partial charge in [-0.3, -0.25) is 4.99 Å². The predicted octanol–water partition coefficient (Wildman–Crippen LogP) is 1.52. The molecule has 0 aromatic rings. The lowest BCUT2D eigenvalue weighted by Gasteiger charge is -2.22. The van der Waals surface area contributed by atoms with Gasteiger partial charge in [-0.05, 0) is 13.0 Å². The molecule has 0 aliphatic heterocycles. The largest absolute Gasteiger partial charge is 0.394 e. The van der Waals surface area contributed by atoms with E-state index in [4.69, 9.17) is 5.11 Å². The van der Waals surface area contributed by atoms with E-state index in [9.17, 15) is 0 Å². The van der Waals surface area contributed by atoms with Crippen molar-refractivity contribution in [2.24, 2.45) is 4.99 Å². The number of nitrogens with zero attached hydrogens (tertiary/aromatic N) is 2. The summed E-state index contributed by atoms with van der Waals surface area (Å²) >= 11 is 0. The Balaban J connectivity index is 4.35. The van der Waals surface area contributed by atoms with Crippen LogP contribution in [0, 0.1) is 0 Å². The van der Waals surface area contributed by atoms with Gasteiger partial charge in [0.1, 0.15) is 6.17 Å². The average molecular weight is 237 g/mol. The van der Waals surface area contributed by atoms with E-state index in [2.05, 4.69) is 23.5 Å². The maximum Gasteiger partial charge on any atom is 0.125 e. The number of rotatable bonds is 9. The number of hydrogen-bond acceptors (Lipinski definition) is 3. The zero-order valence-corrected chi connectivity index (χ0v) is 10.7.